The van der Waals surface area contributed by atoms with Crippen molar-refractivity contribution in [1.29, 1.82) is 0 Å². The van der Waals surface area contributed by atoms with Crippen molar-refractivity contribution in [2.24, 2.45) is 5.92 Å². The van der Waals surface area contributed by atoms with Gasteiger partial charge in [0.2, 0.25) is 0 Å². The van der Waals surface area contributed by atoms with Crippen molar-refractivity contribution in [3.8, 4) is 11.5 Å². The van der Waals surface area contributed by atoms with E-state index in [1.54, 1.807) is 44.6 Å². The topological polar surface area (TPSA) is 50.8 Å². The van der Waals surface area contributed by atoms with E-state index in [1.807, 2.05) is 0 Å². The smallest absolute Gasteiger partial charge is 0.251 e. The summed E-state index contributed by atoms with van der Waals surface area (Å²) in [7, 11) is 3.10. The quantitative estimate of drug-likeness (QED) is 0.862. The molecular weight excluding hydrogens is 335 g/mol. The van der Waals surface area contributed by atoms with Gasteiger partial charge in [-0.05, 0) is 54.8 Å². The van der Waals surface area contributed by atoms with E-state index in [0.29, 0.717) is 29.5 Å². The van der Waals surface area contributed by atoms with Gasteiger partial charge in [-0.25, -0.2) is 4.39 Å². The number of benzene rings is 2. The first-order chi connectivity index (χ1) is 12.6. The molecule has 0 aliphatic carbocycles. The number of carbonyl (C=O) groups excluding carboxylic acids is 1. The van der Waals surface area contributed by atoms with Crippen LogP contribution in [-0.4, -0.2) is 39.8 Å². The van der Waals surface area contributed by atoms with E-state index in [9.17, 15) is 9.18 Å². The van der Waals surface area contributed by atoms with Gasteiger partial charge < -0.3 is 19.7 Å². The number of nitrogens with zero attached hydrogens (tertiary/aromatic N) is 1. The van der Waals surface area contributed by atoms with Gasteiger partial charge in [-0.3, -0.25) is 4.79 Å². The molecule has 0 bridgehead atoms. The van der Waals surface area contributed by atoms with E-state index in [0.717, 1.165) is 25.2 Å². The molecule has 1 aliphatic heterocycles. The highest BCUT2D eigenvalue weighted by Gasteiger charge is 2.23. The number of hydrogen-bond acceptors (Lipinski definition) is 4. The molecule has 0 aromatic heterocycles. The molecule has 0 saturated carbocycles. The van der Waals surface area contributed by atoms with Gasteiger partial charge in [0.25, 0.3) is 5.91 Å². The fourth-order valence-corrected chi connectivity index (χ4v) is 3.20. The molecule has 0 spiro atoms. The molecule has 26 heavy (non-hydrogen) atoms. The minimum absolute atomic E-state index is 0.133. The molecule has 1 unspecified atom stereocenters. The second-order valence-electron chi connectivity index (χ2n) is 6.36. The summed E-state index contributed by atoms with van der Waals surface area (Å²) in [4.78, 5) is 14.6. The summed E-state index contributed by atoms with van der Waals surface area (Å²) in [6.45, 7) is 2.35. The molecule has 6 heteroatoms. The van der Waals surface area contributed by atoms with Crippen LogP contribution in [0.3, 0.4) is 0 Å². The molecule has 1 saturated heterocycles. The Morgan fingerprint density at radius 3 is 2.58 bits per heavy atom. The Balaban J connectivity index is 1.54. The predicted molar refractivity (Wildman–Crippen MR) is 98.6 cm³/mol. The van der Waals surface area contributed by atoms with Crippen molar-refractivity contribution in [1.82, 2.24) is 5.32 Å². The molecule has 1 atom stereocenters. The van der Waals surface area contributed by atoms with Crippen LogP contribution < -0.4 is 19.7 Å². The van der Waals surface area contributed by atoms with E-state index in [4.69, 9.17) is 9.47 Å². The first-order valence-electron chi connectivity index (χ1n) is 8.61. The molecule has 2 aromatic carbocycles. The first kappa shape index (κ1) is 18.0. The van der Waals surface area contributed by atoms with Gasteiger partial charge >= 0.3 is 0 Å². The molecular formula is C20H23FN2O3. The Labute approximate surface area is 152 Å². The maximum absolute atomic E-state index is 13.0. The fraction of sp³-hybridized carbons (Fsp3) is 0.350. The zero-order valence-electron chi connectivity index (χ0n) is 15.0. The summed E-state index contributed by atoms with van der Waals surface area (Å²) in [5, 5.41) is 2.99. The number of amides is 1. The Kier molecular flexibility index (Phi) is 5.61. The molecule has 3 rings (SSSR count). The largest absolute Gasteiger partial charge is 0.493 e. The summed E-state index contributed by atoms with van der Waals surface area (Å²) >= 11 is 0. The monoisotopic (exact) mass is 358 g/mol. The number of nitrogens with one attached hydrogen (secondary N) is 1. The van der Waals surface area contributed by atoms with Gasteiger partial charge in [0.15, 0.2) is 11.5 Å². The Bertz CT molecular complexity index is 764. The van der Waals surface area contributed by atoms with Gasteiger partial charge in [-0.2, -0.15) is 0 Å². The minimum atomic E-state index is -0.230. The summed E-state index contributed by atoms with van der Waals surface area (Å²) in [6, 6.07) is 11.6. The van der Waals surface area contributed by atoms with E-state index < -0.39 is 0 Å². The number of halogens is 1. The van der Waals surface area contributed by atoms with Gasteiger partial charge in [-0.1, -0.05) is 0 Å². The van der Waals surface area contributed by atoms with Gasteiger partial charge in [-0.15, -0.1) is 0 Å². The van der Waals surface area contributed by atoms with Crippen molar-refractivity contribution < 1.29 is 18.7 Å². The van der Waals surface area contributed by atoms with Crippen molar-refractivity contribution in [2.75, 3.05) is 38.8 Å². The van der Waals surface area contributed by atoms with Crippen LogP contribution in [0.25, 0.3) is 0 Å². The Morgan fingerprint density at radius 1 is 1.15 bits per heavy atom. The lowest BCUT2D eigenvalue weighted by atomic mass is 10.1. The third kappa shape index (κ3) is 4.07. The summed E-state index contributed by atoms with van der Waals surface area (Å²) < 4.78 is 23.5. The van der Waals surface area contributed by atoms with Gasteiger partial charge in [0, 0.05) is 30.9 Å². The third-order valence-corrected chi connectivity index (χ3v) is 4.67. The lowest BCUT2D eigenvalue weighted by Gasteiger charge is -2.19. The third-order valence-electron chi connectivity index (χ3n) is 4.67. The molecule has 5 nitrogen and oxygen atoms in total. The lowest BCUT2D eigenvalue weighted by Crippen LogP contribution is -2.31. The van der Waals surface area contributed by atoms with Crippen LogP contribution >= 0.6 is 0 Å². The molecule has 1 amide bonds. The highest BCUT2D eigenvalue weighted by Crippen LogP contribution is 2.28. The summed E-state index contributed by atoms with van der Waals surface area (Å²) in [5.41, 5.74) is 1.55. The standard InChI is InChI=1S/C20H23FN2O3/c1-25-18-8-3-15(11-19(18)26-2)20(24)22-12-14-9-10-23(13-14)17-6-4-16(21)5-7-17/h3-8,11,14H,9-10,12-13H2,1-2H3,(H,22,24). The number of carbonyl (C=O) groups is 1. The van der Waals surface area contributed by atoms with E-state index in [1.165, 1.54) is 12.1 Å². The first-order valence-corrected chi connectivity index (χ1v) is 8.61. The average Bonchev–Trinajstić information content (AvgIpc) is 3.15. The molecule has 1 N–H and O–H groups in total. The number of ether oxygens (including phenoxy) is 2. The van der Waals surface area contributed by atoms with Crippen molar-refractivity contribution >= 4 is 11.6 Å². The van der Waals surface area contributed by atoms with Crippen molar-refractivity contribution in [3.05, 3.63) is 53.8 Å². The molecule has 2 aromatic rings. The zero-order valence-corrected chi connectivity index (χ0v) is 15.0. The van der Waals surface area contributed by atoms with E-state index in [2.05, 4.69) is 10.2 Å². The minimum Gasteiger partial charge on any atom is -0.493 e. The van der Waals surface area contributed by atoms with Crippen molar-refractivity contribution in [2.45, 2.75) is 6.42 Å². The van der Waals surface area contributed by atoms with Crippen LogP contribution in [0.5, 0.6) is 11.5 Å². The molecule has 1 heterocycles. The van der Waals surface area contributed by atoms with E-state index >= 15 is 0 Å². The number of rotatable bonds is 6. The van der Waals surface area contributed by atoms with Gasteiger partial charge in [0.05, 0.1) is 14.2 Å². The number of anilines is 1. The average molecular weight is 358 g/mol. The fourth-order valence-electron chi connectivity index (χ4n) is 3.20. The Morgan fingerprint density at radius 2 is 1.88 bits per heavy atom. The molecule has 1 aliphatic rings. The van der Waals surface area contributed by atoms with Crippen LogP contribution in [-0.2, 0) is 0 Å². The van der Waals surface area contributed by atoms with Crippen molar-refractivity contribution in [3.63, 3.8) is 0 Å². The normalized spacial score (nSPS) is 16.4. The highest BCUT2D eigenvalue weighted by atomic mass is 19.1. The number of methoxy groups -OCH3 is 2. The zero-order chi connectivity index (χ0) is 18.5. The summed E-state index contributed by atoms with van der Waals surface area (Å²) in [5.74, 6) is 1.13. The molecule has 1 fully saturated rings. The van der Waals surface area contributed by atoms with Crippen LogP contribution in [0.15, 0.2) is 42.5 Å². The lowest BCUT2D eigenvalue weighted by molar-refractivity contribution is 0.0948. The maximum atomic E-state index is 13.0. The van der Waals surface area contributed by atoms with Crippen LogP contribution in [0.4, 0.5) is 10.1 Å². The second-order valence-corrected chi connectivity index (χ2v) is 6.36. The SMILES string of the molecule is COc1ccc(C(=O)NCC2CCN(c3ccc(F)cc3)C2)cc1OC. The van der Waals surface area contributed by atoms with E-state index in [-0.39, 0.29) is 11.7 Å². The maximum Gasteiger partial charge on any atom is 0.251 e. The molecule has 138 valence electrons. The number of hydrogen-bond donors (Lipinski definition) is 1. The highest BCUT2D eigenvalue weighted by molar-refractivity contribution is 5.94. The van der Waals surface area contributed by atoms with Crippen LogP contribution in [0.2, 0.25) is 0 Å². The van der Waals surface area contributed by atoms with Crippen LogP contribution in [0.1, 0.15) is 16.8 Å². The van der Waals surface area contributed by atoms with Gasteiger partial charge in [0.1, 0.15) is 5.82 Å². The summed E-state index contributed by atoms with van der Waals surface area (Å²) in [6.07, 6.45) is 0.990. The second kappa shape index (κ2) is 8.08. The predicted octanol–water partition coefficient (Wildman–Crippen LogP) is 3.10. The van der Waals surface area contributed by atoms with Crippen LogP contribution in [0, 0.1) is 11.7 Å². The molecule has 0 radical (unpaired) electrons. The Hall–Kier alpha value is -2.76.